The Labute approximate surface area is 132 Å². The molecular formula is C20H23NO. The second-order valence-corrected chi connectivity index (χ2v) is 6.62. The molecule has 2 atom stereocenters. The molecule has 2 nitrogen and oxygen atoms in total. The molecule has 0 spiro atoms. The van der Waals surface area contributed by atoms with Gasteiger partial charge >= 0.3 is 0 Å². The lowest BCUT2D eigenvalue weighted by molar-refractivity contribution is 0.228. The molecule has 0 amide bonds. The van der Waals surface area contributed by atoms with E-state index in [1.165, 1.54) is 36.1 Å². The van der Waals surface area contributed by atoms with Gasteiger partial charge in [0.15, 0.2) is 0 Å². The summed E-state index contributed by atoms with van der Waals surface area (Å²) in [6.45, 7) is 2.34. The van der Waals surface area contributed by atoms with Gasteiger partial charge in [-0.15, -0.1) is 0 Å². The van der Waals surface area contributed by atoms with Crippen molar-refractivity contribution in [3.05, 3.63) is 65.2 Å². The molecule has 0 aromatic heterocycles. The van der Waals surface area contributed by atoms with E-state index in [0.717, 1.165) is 19.4 Å². The molecule has 1 heterocycles. The molecule has 1 aliphatic carbocycles. The summed E-state index contributed by atoms with van der Waals surface area (Å²) in [5.74, 6) is 1.12. The van der Waals surface area contributed by atoms with Crippen molar-refractivity contribution < 1.29 is 5.11 Å². The van der Waals surface area contributed by atoms with Gasteiger partial charge in [0, 0.05) is 18.5 Å². The van der Waals surface area contributed by atoms with Crippen LogP contribution < -0.4 is 0 Å². The minimum atomic E-state index is 0.499. The predicted octanol–water partition coefficient (Wildman–Crippen LogP) is 3.74. The first kappa shape index (κ1) is 13.8. The lowest BCUT2D eigenvalue weighted by Crippen LogP contribution is -2.36. The molecule has 2 aliphatic rings. The fourth-order valence-electron chi connectivity index (χ4n) is 4.36. The molecule has 2 aromatic carbocycles. The van der Waals surface area contributed by atoms with Crippen molar-refractivity contribution in [1.82, 2.24) is 4.90 Å². The van der Waals surface area contributed by atoms with E-state index in [4.69, 9.17) is 0 Å². The molecule has 1 saturated heterocycles. The maximum absolute atomic E-state index is 10.1. The lowest BCUT2D eigenvalue weighted by atomic mass is 9.79. The maximum Gasteiger partial charge on any atom is 0.119 e. The molecule has 114 valence electrons. The zero-order valence-electron chi connectivity index (χ0n) is 12.9. The maximum atomic E-state index is 10.1. The quantitative estimate of drug-likeness (QED) is 0.932. The highest BCUT2D eigenvalue weighted by Gasteiger charge is 2.38. The van der Waals surface area contributed by atoms with Crippen LogP contribution in [0.5, 0.6) is 5.75 Å². The molecule has 1 N–H and O–H groups in total. The summed E-state index contributed by atoms with van der Waals surface area (Å²) in [5.41, 5.74) is 4.03. The van der Waals surface area contributed by atoms with Crippen molar-refractivity contribution in [1.29, 1.82) is 0 Å². The summed E-state index contributed by atoms with van der Waals surface area (Å²) in [6.07, 6.45) is 4.57. The number of nitrogens with zero attached hydrogens (tertiary/aromatic N) is 1. The van der Waals surface area contributed by atoms with Crippen molar-refractivity contribution >= 4 is 0 Å². The van der Waals surface area contributed by atoms with Crippen molar-refractivity contribution in [3.8, 4) is 5.75 Å². The van der Waals surface area contributed by atoms with Crippen molar-refractivity contribution in [3.63, 3.8) is 0 Å². The standard InChI is InChI=1S/C20H23NO/c22-20-8-4-7-16-17-12-14-21(19(17)10-9-18(16)20)13-11-15-5-2-1-3-6-15/h1-8,17,19,22H,9-14H2/t17-,19+/m0/s1. The zero-order valence-corrected chi connectivity index (χ0v) is 12.9. The first-order chi connectivity index (χ1) is 10.8. The van der Waals surface area contributed by atoms with Gasteiger partial charge in [0.25, 0.3) is 0 Å². The van der Waals surface area contributed by atoms with Crippen molar-refractivity contribution in [2.75, 3.05) is 13.1 Å². The van der Waals surface area contributed by atoms with Gasteiger partial charge in [0.1, 0.15) is 5.75 Å². The van der Waals surface area contributed by atoms with E-state index < -0.39 is 0 Å². The van der Waals surface area contributed by atoms with Crippen LogP contribution in [0, 0.1) is 0 Å². The molecular weight excluding hydrogens is 270 g/mol. The second-order valence-electron chi connectivity index (χ2n) is 6.62. The van der Waals surface area contributed by atoms with Gasteiger partial charge in [0.2, 0.25) is 0 Å². The average Bonchev–Trinajstić information content (AvgIpc) is 2.98. The summed E-state index contributed by atoms with van der Waals surface area (Å²) in [7, 11) is 0. The summed E-state index contributed by atoms with van der Waals surface area (Å²) in [6, 6.07) is 17.5. The zero-order chi connectivity index (χ0) is 14.9. The number of hydrogen-bond donors (Lipinski definition) is 1. The Morgan fingerprint density at radius 1 is 1.00 bits per heavy atom. The number of phenols is 1. The van der Waals surface area contributed by atoms with Gasteiger partial charge < -0.3 is 5.11 Å². The van der Waals surface area contributed by atoms with E-state index in [9.17, 15) is 5.11 Å². The molecule has 22 heavy (non-hydrogen) atoms. The van der Waals surface area contributed by atoms with Gasteiger partial charge in [0.05, 0.1) is 0 Å². The molecule has 4 rings (SSSR count). The Bertz CT molecular complexity index is 652. The van der Waals surface area contributed by atoms with E-state index in [2.05, 4.69) is 41.3 Å². The summed E-state index contributed by atoms with van der Waals surface area (Å²) in [5, 5.41) is 10.1. The number of rotatable bonds is 3. The summed E-state index contributed by atoms with van der Waals surface area (Å²) >= 11 is 0. The van der Waals surface area contributed by atoms with Crippen LogP contribution in [0.2, 0.25) is 0 Å². The van der Waals surface area contributed by atoms with Crippen LogP contribution >= 0.6 is 0 Å². The third-order valence-corrected chi connectivity index (χ3v) is 5.47. The van der Waals surface area contributed by atoms with Crippen LogP contribution in [0.4, 0.5) is 0 Å². The second kappa shape index (κ2) is 5.77. The minimum absolute atomic E-state index is 0.499. The fourth-order valence-corrected chi connectivity index (χ4v) is 4.36. The van der Waals surface area contributed by atoms with Gasteiger partial charge in [-0.3, -0.25) is 4.90 Å². The topological polar surface area (TPSA) is 23.5 Å². The number of hydrogen-bond acceptors (Lipinski definition) is 2. The monoisotopic (exact) mass is 293 g/mol. The molecule has 0 radical (unpaired) electrons. The SMILES string of the molecule is Oc1cccc2c1CC[C@@H]1[C@H]2CCN1CCc1ccccc1. The third-order valence-electron chi connectivity index (χ3n) is 5.47. The highest BCUT2D eigenvalue weighted by molar-refractivity contribution is 5.44. The Hall–Kier alpha value is -1.80. The van der Waals surface area contributed by atoms with E-state index in [1.807, 2.05) is 12.1 Å². The van der Waals surface area contributed by atoms with Gasteiger partial charge in [-0.2, -0.15) is 0 Å². The Kier molecular flexibility index (Phi) is 3.63. The largest absolute Gasteiger partial charge is 0.508 e. The third kappa shape index (κ3) is 2.42. The first-order valence-corrected chi connectivity index (χ1v) is 8.41. The lowest BCUT2D eigenvalue weighted by Gasteiger charge is -2.33. The number of phenolic OH excluding ortho intramolecular Hbond substituents is 1. The molecule has 2 aromatic rings. The number of likely N-dealkylation sites (tertiary alicyclic amines) is 1. The number of benzene rings is 2. The molecule has 2 heteroatoms. The fraction of sp³-hybridized carbons (Fsp3) is 0.400. The molecule has 1 fully saturated rings. The van der Waals surface area contributed by atoms with Gasteiger partial charge in [-0.25, -0.2) is 0 Å². The number of fused-ring (bicyclic) bond motifs is 3. The van der Waals surface area contributed by atoms with E-state index in [0.29, 0.717) is 17.7 Å². The smallest absolute Gasteiger partial charge is 0.119 e. The highest BCUT2D eigenvalue weighted by atomic mass is 16.3. The van der Waals surface area contributed by atoms with Crippen LogP contribution in [-0.2, 0) is 12.8 Å². The van der Waals surface area contributed by atoms with Crippen molar-refractivity contribution in [2.45, 2.75) is 37.6 Å². The minimum Gasteiger partial charge on any atom is -0.508 e. The van der Waals surface area contributed by atoms with Crippen LogP contribution in [-0.4, -0.2) is 29.1 Å². The molecule has 0 saturated carbocycles. The average molecular weight is 293 g/mol. The van der Waals surface area contributed by atoms with Crippen LogP contribution in [0.1, 0.15) is 35.4 Å². The normalized spacial score (nSPS) is 24.0. The van der Waals surface area contributed by atoms with Crippen LogP contribution in [0.3, 0.4) is 0 Å². The van der Waals surface area contributed by atoms with E-state index in [1.54, 1.807) is 0 Å². The molecule has 1 aliphatic heterocycles. The number of aromatic hydroxyl groups is 1. The van der Waals surface area contributed by atoms with E-state index in [-0.39, 0.29) is 0 Å². The van der Waals surface area contributed by atoms with Gasteiger partial charge in [-0.05, 0) is 55.0 Å². The van der Waals surface area contributed by atoms with Crippen molar-refractivity contribution in [2.24, 2.45) is 0 Å². The summed E-state index contributed by atoms with van der Waals surface area (Å²) in [4.78, 5) is 2.67. The van der Waals surface area contributed by atoms with Crippen LogP contribution in [0.15, 0.2) is 48.5 Å². The predicted molar refractivity (Wildman–Crippen MR) is 89.3 cm³/mol. The van der Waals surface area contributed by atoms with Gasteiger partial charge in [-0.1, -0.05) is 42.5 Å². The van der Waals surface area contributed by atoms with Crippen LogP contribution in [0.25, 0.3) is 0 Å². The Balaban J connectivity index is 1.48. The highest BCUT2D eigenvalue weighted by Crippen LogP contribution is 2.43. The molecule has 0 bridgehead atoms. The Morgan fingerprint density at radius 3 is 2.73 bits per heavy atom. The molecule has 0 unspecified atom stereocenters. The summed E-state index contributed by atoms with van der Waals surface area (Å²) < 4.78 is 0. The Morgan fingerprint density at radius 2 is 1.86 bits per heavy atom. The first-order valence-electron chi connectivity index (χ1n) is 8.41. The van der Waals surface area contributed by atoms with E-state index >= 15 is 0 Å².